The van der Waals surface area contributed by atoms with E-state index in [1.54, 1.807) is 0 Å². The number of fused-ring (bicyclic) bond motifs is 2. The van der Waals surface area contributed by atoms with Gasteiger partial charge in [0, 0.05) is 12.1 Å². The lowest BCUT2D eigenvalue weighted by molar-refractivity contribution is -0.155. The van der Waals surface area contributed by atoms with Gasteiger partial charge in [0.05, 0.1) is 19.1 Å². The van der Waals surface area contributed by atoms with Crippen LogP contribution in [0.1, 0.15) is 19.3 Å². The molecule has 4 heteroatoms. The number of ether oxygens (including phenoxy) is 1. The van der Waals surface area contributed by atoms with Crippen molar-refractivity contribution in [3.8, 4) is 0 Å². The zero-order valence-corrected chi connectivity index (χ0v) is 8.64. The molecule has 2 heterocycles. The third kappa shape index (κ3) is 1.33. The van der Waals surface area contributed by atoms with Crippen LogP contribution in [0, 0.1) is 5.92 Å². The first-order chi connectivity index (χ1) is 6.65. The van der Waals surface area contributed by atoms with E-state index in [9.17, 15) is 9.90 Å². The van der Waals surface area contributed by atoms with E-state index < -0.39 is 6.10 Å². The maximum absolute atomic E-state index is 11.5. The first kappa shape index (κ1) is 9.93. The Kier molecular flexibility index (Phi) is 2.49. The van der Waals surface area contributed by atoms with Crippen molar-refractivity contribution in [2.45, 2.75) is 37.5 Å². The Balaban J connectivity index is 2.18. The standard InChI is InChI=1S/C10H17NO3/c1-11-6-3-4-7(11)9(8(12)5-6)10(13)14-2/h6-9,12H,3-5H2,1-2H3/t6-,7+,8-,9+/m1/s1. The summed E-state index contributed by atoms with van der Waals surface area (Å²) in [6.07, 6.45) is 2.27. The second-order valence-electron chi connectivity index (χ2n) is 4.32. The molecule has 0 aromatic rings. The number of carbonyl (C=O) groups is 1. The highest BCUT2D eigenvalue weighted by molar-refractivity contribution is 5.74. The van der Waals surface area contributed by atoms with E-state index in [4.69, 9.17) is 4.74 Å². The smallest absolute Gasteiger partial charge is 0.312 e. The van der Waals surface area contributed by atoms with Gasteiger partial charge < -0.3 is 9.84 Å². The van der Waals surface area contributed by atoms with Gasteiger partial charge in [-0.3, -0.25) is 9.69 Å². The second-order valence-corrected chi connectivity index (χ2v) is 4.32. The molecular weight excluding hydrogens is 182 g/mol. The van der Waals surface area contributed by atoms with Gasteiger partial charge >= 0.3 is 5.97 Å². The van der Waals surface area contributed by atoms with Crippen LogP contribution < -0.4 is 0 Å². The first-order valence-electron chi connectivity index (χ1n) is 5.13. The first-order valence-corrected chi connectivity index (χ1v) is 5.13. The molecule has 0 unspecified atom stereocenters. The Morgan fingerprint density at radius 3 is 2.86 bits per heavy atom. The highest BCUT2D eigenvalue weighted by Gasteiger charge is 2.48. The third-order valence-corrected chi connectivity index (χ3v) is 3.71. The topological polar surface area (TPSA) is 49.8 Å². The Labute approximate surface area is 83.8 Å². The summed E-state index contributed by atoms with van der Waals surface area (Å²) in [4.78, 5) is 13.7. The number of nitrogens with zero attached hydrogens (tertiary/aromatic N) is 1. The van der Waals surface area contributed by atoms with Crippen LogP contribution >= 0.6 is 0 Å². The highest BCUT2D eigenvalue weighted by Crippen LogP contribution is 2.38. The predicted molar refractivity (Wildman–Crippen MR) is 50.7 cm³/mol. The predicted octanol–water partition coefficient (Wildman–Crippen LogP) is 0.00300. The minimum absolute atomic E-state index is 0.177. The number of methoxy groups -OCH3 is 1. The van der Waals surface area contributed by atoms with Crippen LogP contribution in [-0.2, 0) is 9.53 Å². The molecule has 0 aliphatic carbocycles. The summed E-state index contributed by atoms with van der Waals surface area (Å²) in [6, 6.07) is 0.632. The second kappa shape index (κ2) is 3.51. The molecule has 14 heavy (non-hydrogen) atoms. The Morgan fingerprint density at radius 1 is 1.50 bits per heavy atom. The van der Waals surface area contributed by atoms with Gasteiger partial charge in [-0.05, 0) is 26.3 Å². The summed E-state index contributed by atoms with van der Waals surface area (Å²) in [5.74, 6) is -0.613. The van der Waals surface area contributed by atoms with Gasteiger partial charge in [-0.2, -0.15) is 0 Å². The Morgan fingerprint density at radius 2 is 2.21 bits per heavy atom. The van der Waals surface area contributed by atoms with Crippen molar-refractivity contribution in [2.24, 2.45) is 5.92 Å². The van der Waals surface area contributed by atoms with E-state index in [0.717, 1.165) is 12.8 Å². The number of aliphatic hydroxyl groups excluding tert-OH is 1. The Bertz CT molecular complexity index is 244. The monoisotopic (exact) mass is 199 g/mol. The van der Waals surface area contributed by atoms with Crippen LogP contribution in [0.25, 0.3) is 0 Å². The van der Waals surface area contributed by atoms with Gasteiger partial charge in [-0.25, -0.2) is 0 Å². The van der Waals surface area contributed by atoms with E-state index in [0.29, 0.717) is 12.5 Å². The molecule has 0 aromatic heterocycles. The summed E-state index contributed by atoms with van der Waals surface area (Å²) in [6.45, 7) is 0. The van der Waals surface area contributed by atoms with Crippen LogP contribution in [0.2, 0.25) is 0 Å². The molecule has 2 rings (SSSR count). The molecule has 2 bridgehead atoms. The van der Waals surface area contributed by atoms with Crippen molar-refractivity contribution in [1.82, 2.24) is 4.90 Å². The summed E-state index contributed by atoms with van der Waals surface area (Å²) in [5, 5.41) is 9.84. The zero-order chi connectivity index (χ0) is 10.3. The molecule has 0 amide bonds. The quantitative estimate of drug-likeness (QED) is 0.604. The number of esters is 1. The van der Waals surface area contributed by atoms with Gasteiger partial charge in [0.2, 0.25) is 0 Å². The van der Waals surface area contributed by atoms with Crippen molar-refractivity contribution < 1.29 is 14.6 Å². The lowest BCUT2D eigenvalue weighted by Gasteiger charge is -2.39. The molecule has 2 aliphatic heterocycles. The molecule has 80 valence electrons. The van der Waals surface area contributed by atoms with Crippen LogP contribution in [0.3, 0.4) is 0 Å². The largest absolute Gasteiger partial charge is 0.469 e. The number of piperidine rings is 1. The average molecular weight is 199 g/mol. The van der Waals surface area contributed by atoms with Gasteiger partial charge in [0.1, 0.15) is 0 Å². The van der Waals surface area contributed by atoms with Gasteiger partial charge in [0.15, 0.2) is 0 Å². The van der Waals surface area contributed by atoms with Gasteiger partial charge in [-0.15, -0.1) is 0 Å². The summed E-state index contributed by atoms with van der Waals surface area (Å²) < 4.78 is 4.73. The van der Waals surface area contributed by atoms with E-state index in [1.165, 1.54) is 7.11 Å². The molecule has 0 radical (unpaired) electrons. The minimum atomic E-state index is -0.517. The van der Waals surface area contributed by atoms with Crippen LogP contribution in [-0.4, -0.2) is 48.3 Å². The number of hydrogen-bond donors (Lipinski definition) is 1. The maximum atomic E-state index is 11.5. The van der Waals surface area contributed by atoms with E-state index >= 15 is 0 Å². The lowest BCUT2D eigenvalue weighted by Crippen LogP contribution is -2.52. The van der Waals surface area contributed by atoms with Gasteiger partial charge in [-0.1, -0.05) is 0 Å². The Hall–Kier alpha value is -0.610. The normalized spacial score (nSPS) is 42.5. The summed E-state index contributed by atoms with van der Waals surface area (Å²) >= 11 is 0. The zero-order valence-electron chi connectivity index (χ0n) is 8.64. The molecule has 2 fully saturated rings. The fourth-order valence-electron chi connectivity index (χ4n) is 2.89. The molecule has 0 aromatic carbocycles. The lowest BCUT2D eigenvalue weighted by atomic mass is 9.88. The number of carbonyl (C=O) groups excluding carboxylic acids is 1. The van der Waals surface area contributed by atoms with Crippen molar-refractivity contribution in [1.29, 1.82) is 0 Å². The van der Waals surface area contributed by atoms with Crippen LogP contribution in [0.15, 0.2) is 0 Å². The molecular formula is C10H17NO3. The fourth-order valence-corrected chi connectivity index (χ4v) is 2.89. The minimum Gasteiger partial charge on any atom is -0.469 e. The molecule has 2 aliphatic rings. The average Bonchev–Trinajstić information content (AvgIpc) is 2.42. The number of aliphatic hydroxyl groups is 1. The van der Waals surface area contributed by atoms with E-state index in [-0.39, 0.29) is 17.9 Å². The summed E-state index contributed by atoms with van der Waals surface area (Å²) in [7, 11) is 3.42. The van der Waals surface area contributed by atoms with Crippen molar-refractivity contribution in [3.05, 3.63) is 0 Å². The number of rotatable bonds is 1. The fraction of sp³-hybridized carbons (Fsp3) is 0.900. The maximum Gasteiger partial charge on any atom is 0.312 e. The SMILES string of the molecule is COC(=O)[C@@H]1[C@H](O)C[C@H]2CC[C@@H]1N2C. The van der Waals surface area contributed by atoms with Crippen molar-refractivity contribution >= 4 is 5.97 Å². The molecule has 0 spiro atoms. The third-order valence-electron chi connectivity index (χ3n) is 3.71. The molecule has 4 nitrogen and oxygen atoms in total. The van der Waals surface area contributed by atoms with E-state index in [1.807, 2.05) is 7.05 Å². The molecule has 2 saturated heterocycles. The molecule has 0 saturated carbocycles. The van der Waals surface area contributed by atoms with Crippen molar-refractivity contribution in [2.75, 3.05) is 14.2 Å². The number of hydrogen-bond acceptors (Lipinski definition) is 4. The van der Waals surface area contributed by atoms with Crippen LogP contribution in [0.4, 0.5) is 0 Å². The molecule has 4 atom stereocenters. The van der Waals surface area contributed by atoms with Gasteiger partial charge in [0.25, 0.3) is 0 Å². The van der Waals surface area contributed by atoms with Crippen LogP contribution in [0.5, 0.6) is 0 Å². The highest BCUT2D eigenvalue weighted by atomic mass is 16.5. The summed E-state index contributed by atoms with van der Waals surface area (Å²) in [5.41, 5.74) is 0. The molecule has 1 N–H and O–H groups in total. The van der Waals surface area contributed by atoms with Crippen molar-refractivity contribution in [3.63, 3.8) is 0 Å². The van der Waals surface area contributed by atoms with E-state index in [2.05, 4.69) is 4.90 Å².